The van der Waals surface area contributed by atoms with Gasteiger partial charge in [-0.2, -0.15) is 0 Å². The largest absolute Gasteiger partial charge is 0.383 e. The van der Waals surface area contributed by atoms with Crippen molar-refractivity contribution in [1.82, 2.24) is 9.80 Å². The summed E-state index contributed by atoms with van der Waals surface area (Å²) in [5, 5.41) is 10.2. The van der Waals surface area contributed by atoms with E-state index in [1.54, 1.807) is 4.90 Å². The van der Waals surface area contributed by atoms with Gasteiger partial charge in [-0.05, 0) is 37.5 Å². The molecule has 0 aromatic heterocycles. The summed E-state index contributed by atoms with van der Waals surface area (Å²) in [6.07, 6.45) is 1.17. The van der Waals surface area contributed by atoms with Gasteiger partial charge in [0, 0.05) is 6.54 Å². The van der Waals surface area contributed by atoms with E-state index in [0.717, 1.165) is 6.42 Å². The van der Waals surface area contributed by atoms with Crippen molar-refractivity contribution in [1.29, 1.82) is 0 Å². The number of Topliss-reactive ketones (excluding diaryl/α,β-unsaturated/α-hetero) is 1. The van der Waals surface area contributed by atoms with Crippen molar-refractivity contribution in [2.24, 2.45) is 17.6 Å². The van der Waals surface area contributed by atoms with Crippen molar-refractivity contribution in [2.45, 2.75) is 77.6 Å². The van der Waals surface area contributed by atoms with Crippen LogP contribution in [0, 0.1) is 11.8 Å². The van der Waals surface area contributed by atoms with Crippen LogP contribution < -0.4 is 5.73 Å². The quantitative estimate of drug-likeness (QED) is 0.683. The number of aliphatic hydroxyl groups excluding tert-OH is 1. The number of nitrogens with zero attached hydrogens (tertiary/aromatic N) is 2. The van der Waals surface area contributed by atoms with Crippen LogP contribution in [0.4, 0.5) is 0 Å². The molecule has 7 nitrogen and oxygen atoms in total. The average molecular weight is 367 g/mol. The summed E-state index contributed by atoms with van der Waals surface area (Å²) in [6.45, 7) is 8.47. The molecule has 0 bridgehead atoms. The second-order valence-electron chi connectivity index (χ2n) is 8.49. The first-order chi connectivity index (χ1) is 12.1. The molecule has 2 amide bonds. The van der Waals surface area contributed by atoms with Gasteiger partial charge in [0.2, 0.25) is 5.91 Å². The lowest BCUT2D eigenvalue weighted by Crippen LogP contribution is -2.50. The molecule has 2 heterocycles. The third kappa shape index (κ3) is 4.43. The zero-order valence-electron chi connectivity index (χ0n) is 16.4. The maximum absolute atomic E-state index is 12.7. The minimum absolute atomic E-state index is 0.0316. The molecule has 3 N–H and O–H groups in total. The summed E-state index contributed by atoms with van der Waals surface area (Å²) < 4.78 is 0. The van der Waals surface area contributed by atoms with E-state index < -0.39 is 24.1 Å². The van der Waals surface area contributed by atoms with Crippen LogP contribution in [0.2, 0.25) is 0 Å². The molecule has 148 valence electrons. The van der Waals surface area contributed by atoms with Gasteiger partial charge in [-0.1, -0.05) is 27.7 Å². The van der Waals surface area contributed by atoms with Crippen molar-refractivity contribution in [2.75, 3.05) is 13.1 Å². The van der Waals surface area contributed by atoms with Crippen LogP contribution in [0.5, 0.6) is 0 Å². The molecule has 2 saturated heterocycles. The Labute approximate surface area is 155 Å². The molecule has 26 heavy (non-hydrogen) atoms. The highest BCUT2D eigenvalue weighted by Gasteiger charge is 2.52. The third-order valence-electron chi connectivity index (χ3n) is 5.33. The smallest absolute Gasteiger partial charge is 0.252 e. The average Bonchev–Trinajstić information content (AvgIpc) is 3.12. The predicted octanol–water partition coefficient (Wildman–Crippen LogP) is 0.538. The van der Waals surface area contributed by atoms with Crippen LogP contribution in [0.25, 0.3) is 0 Å². The Kier molecular flexibility index (Phi) is 6.80. The second kappa shape index (κ2) is 8.48. The number of carbonyl (C=O) groups excluding carboxylic acids is 3. The molecular weight excluding hydrogens is 334 g/mol. The molecule has 2 aliphatic heterocycles. The lowest BCUT2D eigenvalue weighted by molar-refractivity contribution is -0.142. The summed E-state index contributed by atoms with van der Waals surface area (Å²) in [5.74, 6) is -0.0586. The van der Waals surface area contributed by atoms with Gasteiger partial charge in [-0.15, -0.1) is 0 Å². The van der Waals surface area contributed by atoms with Gasteiger partial charge >= 0.3 is 0 Å². The minimum atomic E-state index is -1.09. The lowest BCUT2D eigenvalue weighted by atomic mass is 10.0. The van der Waals surface area contributed by atoms with Crippen molar-refractivity contribution >= 4 is 17.6 Å². The van der Waals surface area contributed by atoms with E-state index in [1.807, 2.05) is 27.7 Å². The van der Waals surface area contributed by atoms with Crippen LogP contribution in [-0.4, -0.2) is 69.8 Å². The molecule has 2 fully saturated rings. The number of likely N-dealkylation sites (tertiary alicyclic amines) is 2. The maximum atomic E-state index is 12.7. The number of nitrogens with two attached hydrogens (primary N) is 1. The van der Waals surface area contributed by atoms with Gasteiger partial charge in [-0.3, -0.25) is 14.4 Å². The molecule has 4 unspecified atom stereocenters. The molecular formula is C19H33N3O4. The molecule has 0 spiro atoms. The van der Waals surface area contributed by atoms with Gasteiger partial charge in [0.25, 0.3) is 5.91 Å². The number of hydrogen-bond acceptors (Lipinski definition) is 5. The lowest BCUT2D eigenvalue weighted by Gasteiger charge is -2.27. The number of amides is 2. The summed E-state index contributed by atoms with van der Waals surface area (Å²) in [6, 6.07) is -1.57. The van der Waals surface area contributed by atoms with E-state index in [1.165, 1.54) is 4.90 Å². The Hall–Kier alpha value is -1.47. The fourth-order valence-corrected chi connectivity index (χ4v) is 3.99. The Morgan fingerprint density at radius 3 is 2.35 bits per heavy atom. The van der Waals surface area contributed by atoms with Gasteiger partial charge in [0.05, 0.1) is 18.6 Å². The van der Waals surface area contributed by atoms with Gasteiger partial charge in [-0.25, -0.2) is 0 Å². The third-order valence-corrected chi connectivity index (χ3v) is 5.33. The maximum Gasteiger partial charge on any atom is 0.252 e. The molecule has 7 heteroatoms. The van der Waals surface area contributed by atoms with Crippen LogP contribution in [0.3, 0.4) is 0 Å². The summed E-state index contributed by atoms with van der Waals surface area (Å²) in [4.78, 5) is 40.8. The van der Waals surface area contributed by atoms with E-state index in [0.29, 0.717) is 37.6 Å². The van der Waals surface area contributed by atoms with E-state index in [2.05, 4.69) is 0 Å². The zero-order chi connectivity index (χ0) is 19.6. The molecule has 0 aromatic carbocycles. The zero-order valence-corrected chi connectivity index (χ0v) is 16.4. The summed E-state index contributed by atoms with van der Waals surface area (Å²) in [5.41, 5.74) is 6.01. The highest BCUT2D eigenvalue weighted by atomic mass is 16.3. The minimum Gasteiger partial charge on any atom is -0.383 e. The van der Waals surface area contributed by atoms with Crippen molar-refractivity contribution < 1.29 is 19.5 Å². The topological polar surface area (TPSA) is 104 Å². The molecule has 4 atom stereocenters. The fraction of sp³-hybridized carbons (Fsp3) is 0.842. The van der Waals surface area contributed by atoms with E-state index in [4.69, 9.17) is 5.73 Å². The van der Waals surface area contributed by atoms with Crippen LogP contribution in [-0.2, 0) is 14.4 Å². The van der Waals surface area contributed by atoms with Crippen molar-refractivity contribution in [3.8, 4) is 0 Å². The fourth-order valence-electron chi connectivity index (χ4n) is 3.99. The van der Waals surface area contributed by atoms with Crippen LogP contribution >= 0.6 is 0 Å². The number of rotatable bonds is 7. The Balaban J connectivity index is 2.04. The predicted molar refractivity (Wildman–Crippen MR) is 98.1 cm³/mol. The van der Waals surface area contributed by atoms with E-state index >= 15 is 0 Å². The first kappa shape index (κ1) is 20.8. The molecule has 0 aromatic rings. The highest BCUT2D eigenvalue weighted by Crippen LogP contribution is 2.31. The Bertz CT molecular complexity index is 549. The van der Waals surface area contributed by atoms with Crippen LogP contribution in [0.15, 0.2) is 0 Å². The monoisotopic (exact) mass is 367 g/mol. The summed E-state index contributed by atoms with van der Waals surface area (Å²) in [7, 11) is 0. The molecule has 0 aliphatic carbocycles. The van der Waals surface area contributed by atoms with Gasteiger partial charge in [0.15, 0.2) is 5.78 Å². The normalized spacial score (nSPS) is 25.2. The van der Waals surface area contributed by atoms with Crippen LogP contribution in [0.1, 0.15) is 53.4 Å². The number of carbonyl (C=O) groups is 3. The first-order valence-corrected chi connectivity index (χ1v) is 9.70. The Morgan fingerprint density at radius 2 is 1.77 bits per heavy atom. The van der Waals surface area contributed by atoms with Crippen molar-refractivity contribution in [3.63, 3.8) is 0 Å². The van der Waals surface area contributed by atoms with E-state index in [9.17, 15) is 19.5 Å². The van der Waals surface area contributed by atoms with E-state index in [-0.39, 0.29) is 24.3 Å². The van der Waals surface area contributed by atoms with Crippen molar-refractivity contribution in [3.05, 3.63) is 0 Å². The van der Waals surface area contributed by atoms with Gasteiger partial charge in [0.1, 0.15) is 12.1 Å². The molecule has 0 saturated carbocycles. The number of ketones is 1. The van der Waals surface area contributed by atoms with Gasteiger partial charge < -0.3 is 20.6 Å². The number of hydrogen-bond donors (Lipinski definition) is 2. The number of fused-ring (bicyclic) bond motifs is 1. The highest BCUT2D eigenvalue weighted by molar-refractivity contribution is 5.98. The Morgan fingerprint density at radius 1 is 1.12 bits per heavy atom. The summed E-state index contributed by atoms with van der Waals surface area (Å²) >= 11 is 0. The second-order valence-corrected chi connectivity index (χ2v) is 8.49. The SMILES string of the molecule is CC(C)CCC(O)C(=O)N1CC(=O)C2C1CCN2C(=O)C(N)CC(C)C. The molecule has 2 rings (SSSR count). The molecule has 0 radical (unpaired) electrons. The standard InChI is InChI=1S/C19H33N3O4/c1-11(2)5-6-15(23)19(26)22-10-16(24)17-14(22)7-8-21(17)18(25)13(20)9-12(3)4/h11-15,17,23H,5-10,20H2,1-4H3. The molecule has 2 aliphatic rings. The first-order valence-electron chi connectivity index (χ1n) is 9.70. The number of aliphatic hydroxyl groups is 1.